The van der Waals surface area contributed by atoms with Crippen LogP contribution in [0.25, 0.3) is 17.3 Å². The van der Waals surface area contributed by atoms with Gasteiger partial charge in [-0.05, 0) is 36.3 Å². The second-order valence-corrected chi connectivity index (χ2v) is 7.02. The maximum atomic E-state index is 13.0. The molecule has 1 aromatic heterocycles. The van der Waals surface area contributed by atoms with Gasteiger partial charge in [0.25, 0.3) is 5.91 Å². The molecular formula is C21H14F3N3OS. The third kappa shape index (κ3) is 5.09. The monoisotopic (exact) mass is 413 g/mol. The van der Waals surface area contributed by atoms with Crippen molar-refractivity contribution < 1.29 is 18.0 Å². The zero-order chi connectivity index (χ0) is 21.0. The van der Waals surface area contributed by atoms with Gasteiger partial charge in [-0.3, -0.25) is 10.1 Å². The Morgan fingerprint density at radius 2 is 1.93 bits per heavy atom. The number of hydrogen-bond donors (Lipinski definition) is 1. The first-order valence-corrected chi connectivity index (χ1v) is 9.27. The van der Waals surface area contributed by atoms with Crippen LogP contribution in [0.1, 0.15) is 16.7 Å². The van der Waals surface area contributed by atoms with Crippen LogP contribution in [0, 0.1) is 18.3 Å². The Hall–Kier alpha value is -3.44. The van der Waals surface area contributed by atoms with E-state index >= 15 is 0 Å². The summed E-state index contributed by atoms with van der Waals surface area (Å²) >= 11 is 1.19. The Morgan fingerprint density at radius 1 is 1.21 bits per heavy atom. The number of carbonyl (C=O) groups excluding carboxylic acids is 1. The molecule has 29 heavy (non-hydrogen) atoms. The third-order valence-corrected chi connectivity index (χ3v) is 4.66. The summed E-state index contributed by atoms with van der Waals surface area (Å²) in [5.74, 6) is -0.739. The zero-order valence-corrected chi connectivity index (χ0v) is 15.9. The van der Waals surface area contributed by atoms with Crippen molar-refractivity contribution in [1.29, 1.82) is 5.26 Å². The van der Waals surface area contributed by atoms with Crippen LogP contribution in [0.15, 0.2) is 59.5 Å². The van der Waals surface area contributed by atoms with Gasteiger partial charge in [0.05, 0.1) is 11.3 Å². The lowest BCUT2D eigenvalue weighted by Gasteiger charge is -2.09. The molecule has 1 N–H and O–H groups in total. The summed E-state index contributed by atoms with van der Waals surface area (Å²) in [5, 5.41) is 13.9. The first kappa shape index (κ1) is 20.3. The van der Waals surface area contributed by atoms with Crippen LogP contribution in [0.4, 0.5) is 18.3 Å². The van der Waals surface area contributed by atoms with E-state index in [0.29, 0.717) is 11.3 Å². The molecule has 0 radical (unpaired) electrons. The van der Waals surface area contributed by atoms with Crippen molar-refractivity contribution in [2.75, 3.05) is 5.32 Å². The molecule has 0 saturated carbocycles. The van der Waals surface area contributed by atoms with E-state index in [0.717, 1.165) is 23.8 Å². The number of nitrogens with zero attached hydrogens (tertiary/aromatic N) is 2. The lowest BCUT2D eigenvalue weighted by molar-refractivity contribution is -0.137. The third-order valence-electron chi connectivity index (χ3n) is 3.90. The van der Waals surface area contributed by atoms with Crippen LogP contribution < -0.4 is 5.32 Å². The standard InChI is InChI=1S/C21H14F3N3OS/c1-13-7-14(10-17(8-13)21(22,23)24)9-16(11-25)19(28)27-20-26-18(12-29-20)15-5-3-2-4-6-15/h2-10,12H,1H3,(H,26,27,28)/b16-9+. The SMILES string of the molecule is Cc1cc(/C=C(\C#N)C(=O)Nc2nc(-c3ccccc3)cs2)cc(C(F)(F)F)c1. The van der Waals surface area contributed by atoms with E-state index in [-0.39, 0.29) is 16.3 Å². The number of anilines is 1. The summed E-state index contributed by atoms with van der Waals surface area (Å²) in [5.41, 5.74) is 0.875. The molecule has 2 aromatic carbocycles. The molecule has 0 saturated heterocycles. The number of thiazole rings is 1. The number of amides is 1. The van der Waals surface area contributed by atoms with Crippen molar-refractivity contribution in [3.63, 3.8) is 0 Å². The molecule has 0 fully saturated rings. The van der Waals surface area contributed by atoms with Crippen LogP contribution in [0.5, 0.6) is 0 Å². The van der Waals surface area contributed by atoms with Crippen molar-refractivity contribution in [3.8, 4) is 17.3 Å². The number of hydrogen-bond acceptors (Lipinski definition) is 4. The molecule has 3 aromatic rings. The fourth-order valence-corrected chi connectivity index (χ4v) is 3.33. The summed E-state index contributed by atoms with van der Waals surface area (Å²) in [6.45, 7) is 1.51. The van der Waals surface area contributed by atoms with Crippen molar-refractivity contribution in [3.05, 3.63) is 76.2 Å². The van der Waals surface area contributed by atoms with Crippen molar-refractivity contribution in [1.82, 2.24) is 4.98 Å². The highest BCUT2D eigenvalue weighted by atomic mass is 32.1. The van der Waals surface area contributed by atoms with Gasteiger partial charge in [0.2, 0.25) is 0 Å². The van der Waals surface area contributed by atoms with Gasteiger partial charge in [-0.25, -0.2) is 4.98 Å². The predicted molar refractivity (Wildman–Crippen MR) is 106 cm³/mol. The van der Waals surface area contributed by atoms with E-state index in [1.165, 1.54) is 24.3 Å². The molecule has 1 heterocycles. The molecule has 1 amide bonds. The fourth-order valence-electron chi connectivity index (χ4n) is 2.61. The Kier molecular flexibility index (Phi) is 5.80. The minimum absolute atomic E-state index is 0.119. The van der Waals surface area contributed by atoms with Crippen LogP contribution in [0.2, 0.25) is 0 Å². The van der Waals surface area contributed by atoms with Gasteiger partial charge in [-0.1, -0.05) is 36.4 Å². The van der Waals surface area contributed by atoms with Gasteiger partial charge >= 0.3 is 6.18 Å². The highest BCUT2D eigenvalue weighted by Gasteiger charge is 2.30. The molecule has 0 aliphatic carbocycles. The number of halogens is 3. The minimum atomic E-state index is -4.52. The lowest BCUT2D eigenvalue weighted by Crippen LogP contribution is -2.13. The number of benzene rings is 2. The Balaban J connectivity index is 1.82. The molecule has 0 unspecified atom stereocenters. The topological polar surface area (TPSA) is 65.8 Å². The molecule has 8 heteroatoms. The summed E-state index contributed by atoms with van der Waals surface area (Å²) in [6, 6.07) is 14.4. The van der Waals surface area contributed by atoms with Crippen LogP contribution >= 0.6 is 11.3 Å². The maximum absolute atomic E-state index is 13.0. The van der Waals surface area contributed by atoms with Gasteiger partial charge in [0.1, 0.15) is 11.6 Å². The summed E-state index contributed by atoms with van der Waals surface area (Å²) in [7, 11) is 0. The number of rotatable bonds is 4. The fraction of sp³-hybridized carbons (Fsp3) is 0.0952. The smallest absolute Gasteiger partial charge is 0.297 e. The number of nitrogens with one attached hydrogen (secondary N) is 1. The molecule has 0 atom stereocenters. The van der Waals surface area contributed by atoms with Crippen LogP contribution in [0.3, 0.4) is 0 Å². The Bertz CT molecular complexity index is 1110. The zero-order valence-electron chi connectivity index (χ0n) is 15.1. The Morgan fingerprint density at radius 3 is 2.59 bits per heavy atom. The van der Waals surface area contributed by atoms with E-state index in [2.05, 4.69) is 10.3 Å². The molecule has 3 rings (SSSR count). The van der Waals surface area contributed by atoms with E-state index in [4.69, 9.17) is 0 Å². The average Bonchev–Trinajstić information content (AvgIpc) is 3.14. The quantitative estimate of drug-likeness (QED) is 0.442. The van der Waals surface area contributed by atoms with Crippen LogP contribution in [-0.2, 0) is 11.0 Å². The van der Waals surface area contributed by atoms with E-state index in [1.54, 1.807) is 11.4 Å². The largest absolute Gasteiger partial charge is 0.416 e. The van der Waals surface area contributed by atoms with Gasteiger partial charge < -0.3 is 0 Å². The Labute approximate surface area is 169 Å². The number of alkyl halides is 3. The van der Waals surface area contributed by atoms with E-state index in [1.807, 2.05) is 30.3 Å². The first-order chi connectivity index (χ1) is 13.8. The summed E-state index contributed by atoms with van der Waals surface area (Å²) < 4.78 is 39.0. The normalized spacial score (nSPS) is 11.8. The highest BCUT2D eigenvalue weighted by molar-refractivity contribution is 7.14. The van der Waals surface area contributed by atoms with Crippen LogP contribution in [-0.4, -0.2) is 10.9 Å². The van der Waals surface area contributed by atoms with Crippen molar-refractivity contribution >= 4 is 28.5 Å². The van der Waals surface area contributed by atoms with Gasteiger partial charge in [-0.15, -0.1) is 11.3 Å². The second-order valence-electron chi connectivity index (χ2n) is 6.16. The molecular weight excluding hydrogens is 399 g/mol. The number of aromatic nitrogens is 1. The second kappa shape index (κ2) is 8.29. The lowest BCUT2D eigenvalue weighted by atomic mass is 10.0. The number of carbonyl (C=O) groups is 1. The van der Waals surface area contributed by atoms with Gasteiger partial charge in [0, 0.05) is 10.9 Å². The summed E-state index contributed by atoms with van der Waals surface area (Å²) in [4.78, 5) is 16.7. The molecule has 146 valence electrons. The first-order valence-electron chi connectivity index (χ1n) is 8.39. The number of nitriles is 1. The maximum Gasteiger partial charge on any atom is 0.416 e. The molecule has 0 aliphatic heterocycles. The molecule has 4 nitrogen and oxygen atoms in total. The van der Waals surface area contributed by atoms with Gasteiger partial charge in [-0.2, -0.15) is 18.4 Å². The van der Waals surface area contributed by atoms with Crippen molar-refractivity contribution in [2.24, 2.45) is 0 Å². The molecule has 0 bridgehead atoms. The van der Waals surface area contributed by atoms with E-state index < -0.39 is 17.6 Å². The highest BCUT2D eigenvalue weighted by Crippen LogP contribution is 2.31. The van der Waals surface area contributed by atoms with Gasteiger partial charge in [0.15, 0.2) is 5.13 Å². The molecule has 0 aliphatic rings. The minimum Gasteiger partial charge on any atom is -0.297 e. The average molecular weight is 413 g/mol. The number of aryl methyl sites for hydroxylation is 1. The van der Waals surface area contributed by atoms with E-state index in [9.17, 15) is 23.2 Å². The summed E-state index contributed by atoms with van der Waals surface area (Å²) in [6.07, 6.45) is -3.39. The molecule has 0 spiro atoms. The van der Waals surface area contributed by atoms with Crippen molar-refractivity contribution in [2.45, 2.75) is 13.1 Å². The predicted octanol–water partition coefficient (Wildman–Crippen LogP) is 5.68.